The van der Waals surface area contributed by atoms with Gasteiger partial charge < -0.3 is 15.0 Å². The molecule has 1 saturated heterocycles. The first-order valence-corrected chi connectivity index (χ1v) is 9.25. The molecule has 1 aromatic heterocycles. The van der Waals surface area contributed by atoms with Crippen LogP contribution in [0.1, 0.15) is 36.2 Å². The first-order valence-electron chi connectivity index (χ1n) is 9.25. The third-order valence-corrected chi connectivity index (χ3v) is 4.53. The van der Waals surface area contributed by atoms with E-state index in [1.54, 1.807) is 0 Å². The Morgan fingerprint density at radius 3 is 2.63 bits per heavy atom. The van der Waals surface area contributed by atoms with Gasteiger partial charge in [-0.2, -0.15) is 0 Å². The third kappa shape index (κ3) is 5.77. The van der Waals surface area contributed by atoms with Crippen molar-refractivity contribution in [1.82, 2.24) is 20.2 Å². The zero-order valence-electron chi connectivity index (χ0n) is 15.2. The minimum absolute atomic E-state index is 0.0602. The number of nitrogens with zero attached hydrogens (tertiary/aromatic N) is 3. The van der Waals surface area contributed by atoms with Crippen LogP contribution in [0.2, 0.25) is 0 Å². The number of benzene rings is 1. The SMILES string of the molecule is O=C(NC1CCN(C(=O)CCCOc2ccccc2)CC1)c1cnccn1. The summed E-state index contributed by atoms with van der Waals surface area (Å²) in [6.45, 7) is 1.84. The molecule has 0 bridgehead atoms. The predicted molar refractivity (Wildman–Crippen MR) is 100 cm³/mol. The molecule has 142 valence electrons. The first-order chi connectivity index (χ1) is 13.2. The number of para-hydroxylation sites is 1. The molecule has 1 fully saturated rings. The van der Waals surface area contributed by atoms with Gasteiger partial charge in [-0.25, -0.2) is 4.98 Å². The van der Waals surface area contributed by atoms with Crippen LogP contribution >= 0.6 is 0 Å². The molecule has 0 atom stereocenters. The molecule has 2 amide bonds. The summed E-state index contributed by atoms with van der Waals surface area (Å²) in [7, 11) is 0. The van der Waals surface area contributed by atoms with Crippen molar-refractivity contribution in [3.05, 3.63) is 54.6 Å². The normalized spacial score (nSPS) is 14.6. The molecule has 0 unspecified atom stereocenters. The maximum atomic E-state index is 12.3. The Morgan fingerprint density at radius 2 is 1.93 bits per heavy atom. The Balaban J connectivity index is 1.33. The fourth-order valence-corrected chi connectivity index (χ4v) is 3.04. The molecule has 1 aromatic carbocycles. The minimum Gasteiger partial charge on any atom is -0.494 e. The topological polar surface area (TPSA) is 84.4 Å². The van der Waals surface area contributed by atoms with Gasteiger partial charge in [-0.15, -0.1) is 0 Å². The second-order valence-electron chi connectivity index (χ2n) is 6.48. The Kier molecular flexibility index (Phi) is 6.73. The number of likely N-dealkylation sites (tertiary alicyclic amines) is 1. The summed E-state index contributed by atoms with van der Waals surface area (Å²) in [5, 5.41) is 2.97. The summed E-state index contributed by atoms with van der Waals surface area (Å²) in [5.74, 6) is 0.751. The molecule has 0 saturated carbocycles. The molecule has 1 aliphatic rings. The van der Waals surface area contributed by atoms with E-state index in [9.17, 15) is 9.59 Å². The van der Waals surface area contributed by atoms with Crippen molar-refractivity contribution in [1.29, 1.82) is 0 Å². The highest BCUT2D eigenvalue weighted by atomic mass is 16.5. The van der Waals surface area contributed by atoms with Gasteiger partial charge in [0.05, 0.1) is 12.8 Å². The zero-order valence-corrected chi connectivity index (χ0v) is 15.2. The van der Waals surface area contributed by atoms with Gasteiger partial charge in [0.1, 0.15) is 11.4 Å². The Labute approximate surface area is 158 Å². The molecule has 0 radical (unpaired) electrons. The van der Waals surface area contributed by atoms with Crippen molar-refractivity contribution >= 4 is 11.8 Å². The lowest BCUT2D eigenvalue weighted by molar-refractivity contribution is -0.132. The number of hydrogen-bond acceptors (Lipinski definition) is 5. The van der Waals surface area contributed by atoms with Crippen LogP contribution in [0.15, 0.2) is 48.9 Å². The van der Waals surface area contributed by atoms with Crippen LogP contribution in [0.25, 0.3) is 0 Å². The van der Waals surface area contributed by atoms with Gasteiger partial charge in [0.25, 0.3) is 5.91 Å². The van der Waals surface area contributed by atoms with Gasteiger partial charge in [0, 0.05) is 37.9 Å². The molecule has 2 aromatic rings. The smallest absolute Gasteiger partial charge is 0.271 e. The van der Waals surface area contributed by atoms with E-state index in [1.807, 2.05) is 35.2 Å². The lowest BCUT2D eigenvalue weighted by Crippen LogP contribution is -2.46. The van der Waals surface area contributed by atoms with Crippen LogP contribution in [0.3, 0.4) is 0 Å². The molecule has 0 spiro atoms. The molecule has 3 rings (SSSR count). The number of ether oxygens (including phenoxy) is 1. The van der Waals surface area contributed by atoms with Gasteiger partial charge in [-0.1, -0.05) is 18.2 Å². The molecule has 2 heterocycles. The van der Waals surface area contributed by atoms with Crippen molar-refractivity contribution in [3.63, 3.8) is 0 Å². The van der Waals surface area contributed by atoms with Crippen molar-refractivity contribution < 1.29 is 14.3 Å². The number of carbonyl (C=O) groups excluding carboxylic acids is 2. The van der Waals surface area contributed by atoms with E-state index < -0.39 is 0 Å². The third-order valence-electron chi connectivity index (χ3n) is 4.53. The number of amides is 2. The number of piperidine rings is 1. The average molecular weight is 368 g/mol. The quantitative estimate of drug-likeness (QED) is 0.756. The molecule has 0 aliphatic carbocycles. The van der Waals surface area contributed by atoms with E-state index in [-0.39, 0.29) is 17.9 Å². The van der Waals surface area contributed by atoms with E-state index in [4.69, 9.17) is 4.74 Å². The van der Waals surface area contributed by atoms with E-state index in [2.05, 4.69) is 15.3 Å². The Morgan fingerprint density at radius 1 is 1.15 bits per heavy atom. The summed E-state index contributed by atoms with van der Waals surface area (Å²) < 4.78 is 5.62. The predicted octanol–water partition coefficient (Wildman–Crippen LogP) is 2.06. The minimum atomic E-state index is -0.217. The van der Waals surface area contributed by atoms with Crippen LogP contribution in [0.5, 0.6) is 5.75 Å². The summed E-state index contributed by atoms with van der Waals surface area (Å²) in [5.41, 5.74) is 0.314. The maximum absolute atomic E-state index is 12.3. The molecular weight excluding hydrogens is 344 g/mol. The number of carbonyl (C=O) groups is 2. The van der Waals surface area contributed by atoms with E-state index >= 15 is 0 Å². The van der Waals surface area contributed by atoms with Gasteiger partial charge in [-0.3, -0.25) is 14.6 Å². The van der Waals surface area contributed by atoms with Crippen LogP contribution in [-0.4, -0.2) is 52.4 Å². The van der Waals surface area contributed by atoms with E-state index in [0.717, 1.165) is 18.6 Å². The molecule has 7 nitrogen and oxygen atoms in total. The maximum Gasteiger partial charge on any atom is 0.271 e. The van der Waals surface area contributed by atoms with Crippen molar-refractivity contribution in [2.75, 3.05) is 19.7 Å². The standard InChI is InChI=1S/C20H24N4O3/c25-19(7-4-14-27-17-5-2-1-3-6-17)24-12-8-16(9-13-24)23-20(26)18-15-21-10-11-22-18/h1-3,5-6,10-11,15-16H,4,7-9,12-14H2,(H,23,26). The molecule has 1 aliphatic heterocycles. The lowest BCUT2D eigenvalue weighted by atomic mass is 10.0. The molecule has 7 heteroatoms. The van der Waals surface area contributed by atoms with Crippen molar-refractivity contribution in [3.8, 4) is 5.75 Å². The first kappa shape index (κ1) is 18.8. The molecule has 1 N–H and O–H groups in total. The van der Waals surface area contributed by atoms with Crippen LogP contribution in [0.4, 0.5) is 0 Å². The highest BCUT2D eigenvalue weighted by Gasteiger charge is 2.24. The highest BCUT2D eigenvalue weighted by Crippen LogP contribution is 2.13. The fraction of sp³-hybridized carbons (Fsp3) is 0.400. The van der Waals surface area contributed by atoms with Crippen LogP contribution < -0.4 is 10.1 Å². The number of aromatic nitrogens is 2. The second kappa shape index (κ2) is 9.66. The van der Waals surface area contributed by atoms with Gasteiger partial charge >= 0.3 is 0 Å². The number of nitrogens with one attached hydrogen (secondary N) is 1. The summed E-state index contributed by atoms with van der Waals surface area (Å²) in [6, 6.07) is 9.66. The largest absolute Gasteiger partial charge is 0.494 e. The summed E-state index contributed by atoms with van der Waals surface area (Å²) in [4.78, 5) is 34.2. The van der Waals surface area contributed by atoms with Crippen molar-refractivity contribution in [2.45, 2.75) is 31.7 Å². The summed E-state index contributed by atoms with van der Waals surface area (Å²) >= 11 is 0. The van der Waals surface area contributed by atoms with Gasteiger partial charge in [0.15, 0.2) is 0 Å². The van der Waals surface area contributed by atoms with Crippen LogP contribution in [0, 0.1) is 0 Å². The van der Waals surface area contributed by atoms with Gasteiger partial charge in [0.2, 0.25) is 5.91 Å². The highest BCUT2D eigenvalue weighted by molar-refractivity contribution is 5.92. The second-order valence-corrected chi connectivity index (χ2v) is 6.48. The molecular formula is C20H24N4O3. The average Bonchev–Trinajstić information content (AvgIpc) is 2.73. The number of rotatable bonds is 7. The van der Waals surface area contributed by atoms with Crippen molar-refractivity contribution in [2.24, 2.45) is 0 Å². The fourth-order valence-electron chi connectivity index (χ4n) is 3.04. The molecule has 27 heavy (non-hydrogen) atoms. The lowest BCUT2D eigenvalue weighted by Gasteiger charge is -2.32. The van der Waals surface area contributed by atoms with Crippen LogP contribution in [-0.2, 0) is 4.79 Å². The van der Waals surface area contributed by atoms with E-state index in [1.165, 1.54) is 18.6 Å². The Bertz CT molecular complexity index is 731. The van der Waals surface area contributed by atoms with Gasteiger partial charge in [-0.05, 0) is 31.4 Å². The monoisotopic (exact) mass is 368 g/mol. The summed E-state index contributed by atoms with van der Waals surface area (Å²) in [6.07, 6.45) is 7.14. The Hall–Kier alpha value is -2.96. The number of hydrogen-bond donors (Lipinski definition) is 1. The van der Waals surface area contributed by atoms with E-state index in [0.29, 0.717) is 38.2 Å². The zero-order chi connectivity index (χ0) is 18.9.